The minimum absolute atomic E-state index is 0.982. The van der Waals surface area contributed by atoms with Gasteiger partial charge in [0, 0.05) is 33.5 Å². The van der Waals surface area contributed by atoms with Crippen LogP contribution >= 0.6 is 0 Å². The van der Waals surface area contributed by atoms with Crippen molar-refractivity contribution in [3.63, 3.8) is 0 Å². The maximum Gasteiger partial charge on any atom is 0.0540 e. The Kier molecular flexibility index (Phi) is 11.1. The fourth-order valence-corrected chi connectivity index (χ4v) is 11.8. The molecule has 12 aromatic carbocycles. The lowest BCUT2D eigenvalue weighted by Crippen LogP contribution is -2.12. The summed E-state index contributed by atoms with van der Waals surface area (Å²) in [4.78, 5) is 4.82. The monoisotopic (exact) mass is 970 g/mol. The van der Waals surface area contributed by atoms with E-state index < -0.39 is 0 Å². The first-order valence-corrected chi connectivity index (χ1v) is 26.6. The summed E-state index contributed by atoms with van der Waals surface area (Å²) < 4.78 is 0. The van der Waals surface area contributed by atoms with Gasteiger partial charge in [0.15, 0.2) is 0 Å². The summed E-state index contributed by atoms with van der Waals surface area (Å²) in [7, 11) is 0. The Labute approximate surface area is 445 Å². The zero-order valence-electron chi connectivity index (χ0n) is 42.7. The van der Waals surface area contributed by atoms with Crippen LogP contribution in [0, 0.1) is 13.8 Å². The number of anilines is 6. The van der Waals surface area contributed by atoms with E-state index in [1.807, 2.05) is 0 Å². The maximum atomic E-state index is 2.43. The Morgan fingerprint density at radius 3 is 1.30 bits per heavy atom. The van der Waals surface area contributed by atoms with Crippen molar-refractivity contribution in [3.8, 4) is 11.1 Å². The average molecular weight is 971 g/mol. The smallest absolute Gasteiger partial charge is 0.0540 e. The van der Waals surface area contributed by atoms with Gasteiger partial charge in [-0.2, -0.15) is 0 Å². The minimum atomic E-state index is 0.982. The molecule has 2 nitrogen and oxygen atoms in total. The largest absolute Gasteiger partial charge is 0.310 e. The summed E-state index contributed by atoms with van der Waals surface area (Å²) in [5.74, 6) is 0. The van der Waals surface area contributed by atoms with Crippen LogP contribution in [0.1, 0.15) is 56.5 Å². The number of hydrogen-bond donors (Lipinski definition) is 0. The van der Waals surface area contributed by atoms with Crippen LogP contribution in [-0.4, -0.2) is 0 Å². The van der Waals surface area contributed by atoms with Crippen molar-refractivity contribution in [1.29, 1.82) is 0 Å². The number of rotatable bonds is 11. The van der Waals surface area contributed by atoms with Gasteiger partial charge in [-0.05, 0) is 175 Å². The van der Waals surface area contributed by atoms with Crippen LogP contribution in [-0.2, 0) is 6.42 Å². The summed E-state index contributed by atoms with van der Waals surface area (Å²) in [5, 5.41) is 10.4. The van der Waals surface area contributed by atoms with Gasteiger partial charge in [0.05, 0.1) is 11.4 Å². The van der Waals surface area contributed by atoms with Crippen LogP contribution < -0.4 is 9.80 Å². The molecule has 2 heteroatoms. The van der Waals surface area contributed by atoms with Crippen LogP contribution in [0.15, 0.2) is 237 Å². The quantitative estimate of drug-likeness (QED) is 0.0941. The van der Waals surface area contributed by atoms with E-state index in [2.05, 4.69) is 291 Å². The molecule has 360 valence electrons. The van der Waals surface area contributed by atoms with Crippen LogP contribution in [0.4, 0.5) is 34.1 Å². The zero-order valence-corrected chi connectivity index (χ0v) is 42.7. The van der Waals surface area contributed by atoms with E-state index in [0.29, 0.717) is 0 Å². The fraction of sp³-hybridized carbons (Fsp3) is 0.0541. The molecule has 0 unspecified atom stereocenters. The van der Waals surface area contributed by atoms with Crippen molar-refractivity contribution >= 4 is 113 Å². The van der Waals surface area contributed by atoms with E-state index in [4.69, 9.17) is 0 Å². The third kappa shape index (κ3) is 8.16. The van der Waals surface area contributed by atoms with Gasteiger partial charge in [-0.3, -0.25) is 0 Å². The highest BCUT2D eigenvalue weighted by molar-refractivity contribution is 6.26. The molecule has 2 aliphatic carbocycles. The summed E-state index contributed by atoms with van der Waals surface area (Å²) >= 11 is 0. The Balaban J connectivity index is 0.672. The summed E-state index contributed by atoms with van der Waals surface area (Å²) in [6, 6.07) is 82.9. The molecule has 0 atom stereocenters. The predicted octanol–water partition coefficient (Wildman–Crippen LogP) is 20.7. The van der Waals surface area contributed by atoms with Gasteiger partial charge in [-0.25, -0.2) is 0 Å². The molecular weight excluding hydrogens is 917 g/mol. The second kappa shape index (κ2) is 18.8. The van der Waals surface area contributed by atoms with Crippen LogP contribution in [0.5, 0.6) is 0 Å². The van der Waals surface area contributed by atoms with E-state index in [1.165, 1.54) is 99.0 Å². The molecule has 14 rings (SSSR count). The second-order valence-electron chi connectivity index (χ2n) is 20.6. The predicted molar refractivity (Wildman–Crippen MR) is 328 cm³/mol. The molecular formula is C74H54N2. The lowest BCUT2D eigenvalue weighted by Gasteiger charge is -2.30. The van der Waals surface area contributed by atoms with E-state index >= 15 is 0 Å². The van der Waals surface area contributed by atoms with Gasteiger partial charge in [0.2, 0.25) is 0 Å². The third-order valence-electron chi connectivity index (χ3n) is 15.8. The summed E-state index contributed by atoms with van der Waals surface area (Å²) in [6.07, 6.45) is 17.8. The molecule has 0 amide bonds. The van der Waals surface area contributed by atoms with Crippen molar-refractivity contribution in [2.24, 2.45) is 0 Å². The Morgan fingerprint density at radius 1 is 0.355 bits per heavy atom. The molecule has 0 bridgehead atoms. The van der Waals surface area contributed by atoms with Gasteiger partial charge >= 0.3 is 0 Å². The van der Waals surface area contributed by atoms with Crippen molar-refractivity contribution in [3.05, 3.63) is 287 Å². The summed E-state index contributed by atoms with van der Waals surface area (Å²) in [5.41, 5.74) is 22.1. The van der Waals surface area contributed by atoms with Crippen molar-refractivity contribution in [2.75, 3.05) is 9.80 Å². The van der Waals surface area contributed by atoms with Gasteiger partial charge < -0.3 is 9.80 Å². The van der Waals surface area contributed by atoms with Crippen molar-refractivity contribution in [2.45, 2.75) is 26.7 Å². The van der Waals surface area contributed by atoms with E-state index in [-0.39, 0.29) is 0 Å². The van der Waals surface area contributed by atoms with Crippen LogP contribution in [0.3, 0.4) is 0 Å². The van der Waals surface area contributed by atoms with Crippen LogP contribution in [0.25, 0.3) is 90.2 Å². The number of hydrogen-bond acceptors (Lipinski definition) is 2. The number of nitrogens with zero attached hydrogens (tertiary/aromatic N) is 2. The molecule has 0 saturated carbocycles. The number of allylic oxidation sites excluding steroid dienone is 3. The molecule has 0 radical (unpaired) electrons. The molecule has 0 fully saturated rings. The number of benzene rings is 12. The Morgan fingerprint density at radius 2 is 0.776 bits per heavy atom. The van der Waals surface area contributed by atoms with Gasteiger partial charge in [0.1, 0.15) is 0 Å². The molecule has 2 aliphatic rings. The molecule has 0 heterocycles. The standard InChI is InChI=1S/C74H54N2/c1-49-9-37-63(38-10-49)75(69-47-35-61-31-29-57-5-3-7-59-33-45-67(69)73(61)71(57)59)65-41-21-53(22-42-65)15-13-51-17-25-55(26-18-51)56-27-19-52(20-28-56)14-16-54-23-43-66(44-24-54)76(64-39-11-50(2)12-40-64)70-48-36-62-32-30-58-6-4-8-60-34-46-68(70)74(62)72(58)60/h3-5,7-31,33-48H,6,32H2,1-2H3. The SMILES string of the molecule is Cc1ccc(N(c2ccc(C=Cc3ccc(-c4ccc(C=Cc5ccc(N(c6ccc(C)cc6)c6ccc7ccc8cccc9ccc6c7c89)cc5)cc4)cc3)cc2)c2ccc3c4c5c(ccc24)C=CCC5=CC3)cc1. The van der Waals surface area contributed by atoms with E-state index in [1.54, 1.807) is 0 Å². The Hall–Kier alpha value is -9.50. The van der Waals surface area contributed by atoms with Gasteiger partial charge in [-0.1, -0.05) is 217 Å². The second-order valence-corrected chi connectivity index (χ2v) is 20.6. The molecule has 0 saturated heterocycles. The zero-order chi connectivity index (χ0) is 50.7. The Bertz CT molecular complexity index is 4270. The van der Waals surface area contributed by atoms with Crippen molar-refractivity contribution < 1.29 is 0 Å². The highest BCUT2D eigenvalue weighted by Crippen LogP contribution is 2.47. The minimum Gasteiger partial charge on any atom is -0.310 e. The molecule has 76 heavy (non-hydrogen) atoms. The normalized spacial score (nSPS) is 12.9. The maximum absolute atomic E-state index is 2.43. The third-order valence-corrected chi connectivity index (χ3v) is 15.8. The van der Waals surface area contributed by atoms with Crippen LogP contribution in [0.2, 0.25) is 0 Å². The summed E-state index contributed by atoms with van der Waals surface area (Å²) in [6.45, 7) is 4.30. The highest BCUT2D eigenvalue weighted by atomic mass is 15.1. The molecule has 0 N–H and O–H groups in total. The first kappa shape index (κ1) is 45.1. The highest BCUT2D eigenvalue weighted by Gasteiger charge is 2.24. The van der Waals surface area contributed by atoms with E-state index in [9.17, 15) is 0 Å². The van der Waals surface area contributed by atoms with Gasteiger partial charge in [0.25, 0.3) is 0 Å². The fourth-order valence-electron chi connectivity index (χ4n) is 11.8. The molecule has 0 spiro atoms. The van der Waals surface area contributed by atoms with E-state index in [0.717, 1.165) is 57.8 Å². The molecule has 12 aromatic rings. The average Bonchev–Trinajstić information content (AvgIpc) is 3.49. The first-order chi connectivity index (χ1) is 37.5. The van der Waals surface area contributed by atoms with Gasteiger partial charge in [-0.15, -0.1) is 0 Å². The lowest BCUT2D eigenvalue weighted by atomic mass is 9.81. The first-order valence-electron chi connectivity index (χ1n) is 26.6. The number of aryl methyl sites for hydroxylation is 2. The van der Waals surface area contributed by atoms with Crippen molar-refractivity contribution in [1.82, 2.24) is 0 Å². The molecule has 0 aromatic heterocycles. The topological polar surface area (TPSA) is 6.48 Å². The lowest BCUT2D eigenvalue weighted by molar-refractivity contribution is 1.22. The molecule has 0 aliphatic heterocycles.